The quantitative estimate of drug-likeness (QED) is 0.453. The van der Waals surface area contributed by atoms with Gasteiger partial charge in [0.25, 0.3) is 5.56 Å². The highest BCUT2D eigenvalue weighted by atomic mass is 16.2. The lowest BCUT2D eigenvalue weighted by atomic mass is 10.1. The topological polar surface area (TPSA) is 82.1 Å². The Balaban J connectivity index is 1.69. The third-order valence-corrected chi connectivity index (χ3v) is 6.15. The van der Waals surface area contributed by atoms with Crippen molar-refractivity contribution >= 4 is 28.6 Å². The Morgan fingerprint density at radius 2 is 1.82 bits per heavy atom. The fraction of sp³-hybridized carbons (Fsp3) is 0.280. The largest absolute Gasteiger partial charge is 0.332 e. The Bertz CT molecular complexity index is 1500. The number of ketones is 1. The van der Waals surface area contributed by atoms with E-state index >= 15 is 0 Å². The van der Waals surface area contributed by atoms with Crippen molar-refractivity contribution in [3.8, 4) is 0 Å². The number of carbonyl (C=O) groups excluding carboxylic acids is 1. The molecule has 5 rings (SSSR count). The second-order valence-corrected chi connectivity index (χ2v) is 8.77. The molecular weight excluding hydrogens is 418 g/mol. The summed E-state index contributed by atoms with van der Waals surface area (Å²) >= 11 is 0. The normalized spacial score (nSPS) is 15.6. The first-order valence-electron chi connectivity index (χ1n) is 11.0. The molecule has 33 heavy (non-hydrogen) atoms. The molecule has 0 fully saturated rings. The van der Waals surface area contributed by atoms with Gasteiger partial charge in [0.2, 0.25) is 5.95 Å². The number of aromatic nitrogens is 4. The molecule has 168 valence electrons. The standard InChI is InChI=1S/C25H25N5O3/c1-16-8-7-11-19(12-16)28-13-17(2)14-29-21-22(26-24(28)29)27(3)25(33)30(23(21)32)15-20(31)18-9-5-4-6-10-18/h4-12,17H,13-15H2,1-3H3. The van der Waals surface area contributed by atoms with Gasteiger partial charge in [-0.2, -0.15) is 4.98 Å². The highest BCUT2D eigenvalue weighted by Crippen LogP contribution is 2.33. The maximum absolute atomic E-state index is 13.5. The van der Waals surface area contributed by atoms with Crippen molar-refractivity contribution < 1.29 is 4.79 Å². The summed E-state index contributed by atoms with van der Waals surface area (Å²) in [5.41, 5.74) is 2.20. The van der Waals surface area contributed by atoms with E-state index in [1.807, 2.05) is 35.8 Å². The molecule has 0 bridgehead atoms. The lowest BCUT2D eigenvalue weighted by Crippen LogP contribution is -2.42. The molecule has 8 nitrogen and oxygen atoms in total. The molecule has 1 aliphatic rings. The van der Waals surface area contributed by atoms with Crippen molar-refractivity contribution in [2.24, 2.45) is 13.0 Å². The van der Waals surface area contributed by atoms with Crippen LogP contribution in [0, 0.1) is 12.8 Å². The molecular formula is C25H25N5O3. The second-order valence-electron chi connectivity index (χ2n) is 8.77. The maximum Gasteiger partial charge on any atom is 0.332 e. The van der Waals surface area contributed by atoms with E-state index in [2.05, 4.69) is 17.9 Å². The summed E-state index contributed by atoms with van der Waals surface area (Å²) in [5, 5.41) is 0. The fourth-order valence-electron chi connectivity index (χ4n) is 4.52. The van der Waals surface area contributed by atoms with Gasteiger partial charge in [0.1, 0.15) is 0 Å². The number of hydrogen-bond donors (Lipinski definition) is 0. The van der Waals surface area contributed by atoms with Gasteiger partial charge in [-0.1, -0.05) is 49.4 Å². The van der Waals surface area contributed by atoms with Gasteiger partial charge in [-0.05, 0) is 30.5 Å². The number of Topliss-reactive ketones (excluding diaryl/α,β-unsaturated/α-hetero) is 1. The smallest absolute Gasteiger partial charge is 0.312 e. The monoisotopic (exact) mass is 443 g/mol. The van der Waals surface area contributed by atoms with E-state index in [1.165, 1.54) is 4.57 Å². The van der Waals surface area contributed by atoms with Crippen LogP contribution in [0.4, 0.5) is 11.6 Å². The number of hydrogen-bond acceptors (Lipinski definition) is 5. The Morgan fingerprint density at radius 1 is 1.06 bits per heavy atom. The van der Waals surface area contributed by atoms with Gasteiger partial charge in [-0.25, -0.2) is 4.79 Å². The van der Waals surface area contributed by atoms with Gasteiger partial charge >= 0.3 is 5.69 Å². The van der Waals surface area contributed by atoms with E-state index in [4.69, 9.17) is 4.98 Å². The van der Waals surface area contributed by atoms with Crippen LogP contribution in [0.3, 0.4) is 0 Å². The van der Waals surface area contributed by atoms with Crippen LogP contribution in [0.5, 0.6) is 0 Å². The number of benzene rings is 2. The van der Waals surface area contributed by atoms with Crippen LogP contribution in [0.15, 0.2) is 64.2 Å². The zero-order valence-corrected chi connectivity index (χ0v) is 18.9. The molecule has 1 aliphatic heterocycles. The van der Waals surface area contributed by atoms with Gasteiger partial charge in [-0.3, -0.25) is 18.7 Å². The summed E-state index contributed by atoms with van der Waals surface area (Å²) in [4.78, 5) is 46.2. The van der Waals surface area contributed by atoms with Gasteiger partial charge in [0.15, 0.2) is 16.9 Å². The predicted octanol–water partition coefficient (Wildman–Crippen LogP) is 2.88. The number of fused-ring (bicyclic) bond motifs is 3. The molecule has 3 heterocycles. The molecule has 0 saturated carbocycles. The maximum atomic E-state index is 13.5. The molecule has 2 aromatic carbocycles. The number of anilines is 2. The van der Waals surface area contributed by atoms with Gasteiger partial charge in [0.05, 0.1) is 6.54 Å². The van der Waals surface area contributed by atoms with Gasteiger partial charge in [-0.15, -0.1) is 0 Å². The summed E-state index contributed by atoms with van der Waals surface area (Å²) in [6.07, 6.45) is 0. The number of aryl methyl sites for hydroxylation is 2. The van der Waals surface area contributed by atoms with Crippen molar-refractivity contribution in [3.05, 3.63) is 86.6 Å². The fourth-order valence-corrected chi connectivity index (χ4v) is 4.52. The van der Waals surface area contributed by atoms with E-state index in [0.29, 0.717) is 29.2 Å². The molecule has 0 aliphatic carbocycles. The lowest BCUT2D eigenvalue weighted by molar-refractivity contribution is 0.0969. The Labute approximate surface area is 190 Å². The van der Waals surface area contributed by atoms with Crippen LogP contribution in [0.1, 0.15) is 22.8 Å². The molecule has 0 spiro atoms. The average molecular weight is 444 g/mol. The van der Waals surface area contributed by atoms with Crippen molar-refractivity contribution in [2.45, 2.75) is 26.9 Å². The summed E-state index contributed by atoms with van der Waals surface area (Å²) < 4.78 is 4.26. The third kappa shape index (κ3) is 3.47. The van der Waals surface area contributed by atoms with Crippen molar-refractivity contribution in [1.29, 1.82) is 0 Å². The molecule has 0 saturated heterocycles. The van der Waals surface area contributed by atoms with Crippen molar-refractivity contribution in [3.63, 3.8) is 0 Å². The first-order chi connectivity index (χ1) is 15.8. The Morgan fingerprint density at radius 3 is 2.55 bits per heavy atom. The summed E-state index contributed by atoms with van der Waals surface area (Å²) in [6.45, 7) is 5.20. The molecule has 0 N–H and O–H groups in total. The zero-order valence-electron chi connectivity index (χ0n) is 18.9. The summed E-state index contributed by atoms with van der Waals surface area (Å²) in [6, 6.07) is 16.8. The van der Waals surface area contributed by atoms with Crippen LogP contribution in [0.2, 0.25) is 0 Å². The van der Waals surface area contributed by atoms with Gasteiger partial charge in [0, 0.05) is 31.4 Å². The van der Waals surface area contributed by atoms with Crippen molar-refractivity contribution in [1.82, 2.24) is 18.7 Å². The number of nitrogens with zero attached hydrogens (tertiary/aromatic N) is 5. The van der Waals surface area contributed by atoms with Crippen LogP contribution < -0.4 is 16.1 Å². The van der Waals surface area contributed by atoms with E-state index in [0.717, 1.165) is 22.4 Å². The van der Waals surface area contributed by atoms with E-state index in [9.17, 15) is 14.4 Å². The SMILES string of the molecule is Cc1cccc(N2CC(C)Cn3c2nc2c3c(=O)n(CC(=O)c3ccccc3)c(=O)n2C)c1. The molecule has 4 aromatic rings. The molecule has 2 aromatic heterocycles. The van der Waals surface area contributed by atoms with Crippen LogP contribution in [-0.4, -0.2) is 31.0 Å². The average Bonchev–Trinajstić information content (AvgIpc) is 3.20. The van der Waals surface area contributed by atoms with Crippen LogP contribution in [-0.2, 0) is 20.1 Å². The number of carbonyl (C=O) groups is 1. The Hall–Kier alpha value is -3.94. The minimum Gasteiger partial charge on any atom is -0.312 e. The van der Waals surface area contributed by atoms with Gasteiger partial charge < -0.3 is 9.47 Å². The Kier molecular flexibility index (Phi) is 5.00. The molecule has 1 atom stereocenters. The highest BCUT2D eigenvalue weighted by Gasteiger charge is 2.30. The molecule has 0 amide bonds. The highest BCUT2D eigenvalue weighted by molar-refractivity contribution is 5.96. The molecule has 0 radical (unpaired) electrons. The van der Waals surface area contributed by atoms with Crippen molar-refractivity contribution in [2.75, 3.05) is 11.4 Å². The number of imidazole rings is 1. The van der Waals surface area contributed by atoms with E-state index < -0.39 is 11.2 Å². The van der Waals surface area contributed by atoms with Crippen LogP contribution in [0.25, 0.3) is 11.2 Å². The summed E-state index contributed by atoms with van der Waals surface area (Å²) in [5.74, 6) is 0.599. The van der Waals surface area contributed by atoms with E-state index in [-0.39, 0.29) is 18.2 Å². The first kappa shape index (κ1) is 20.9. The zero-order chi connectivity index (χ0) is 23.3. The minimum absolute atomic E-state index is 0.256. The second kappa shape index (κ2) is 7.88. The number of rotatable bonds is 4. The van der Waals surface area contributed by atoms with Crippen LogP contribution >= 0.6 is 0 Å². The molecule has 1 unspecified atom stereocenters. The predicted molar refractivity (Wildman–Crippen MR) is 127 cm³/mol. The third-order valence-electron chi connectivity index (χ3n) is 6.15. The summed E-state index contributed by atoms with van der Waals surface area (Å²) in [7, 11) is 1.59. The lowest BCUT2D eigenvalue weighted by Gasteiger charge is -2.33. The molecule has 8 heteroatoms. The first-order valence-corrected chi connectivity index (χ1v) is 11.0. The van der Waals surface area contributed by atoms with E-state index in [1.54, 1.807) is 31.3 Å². The minimum atomic E-state index is -0.553.